The highest BCUT2D eigenvalue weighted by Gasteiger charge is 2.26. The zero-order chi connectivity index (χ0) is 23.9. The first-order valence-corrected chi connectivity index (χ1v) is 11.3. The topological polar surface area (TPSA) is 117 Å². The van der Waals surface area contributed by atoms with E-state index in [2.05, 4.69) is 8.75 Å². The van der Waals surface area contributed by atoms with Crippen molar-refractivity contribution in [3.05, 3.63) is 76.9 Å². The van der Waals surface area contributed by atoms with Crippen LogP contribution in [0.15, 0.2) is 60.2 Å². The lowest BCUT2D eigenvalue weighted by atomic mass is 9.89. The van der Waals surface area contributed by atoms with Gasteiger partial charge in [0.05, 0.1) is 17.3 Å². The van der Waals surface area contributed by atoms with Crippen LogP contribution in [0.2, 0.25) is 0 Å². The molecule has 9 nitrogen and oxygen atoms in total. The summed E-state index contributed by atoms with van der Waals surface area (Å²) in [5, 5.41) is 10.3. The van der Waals surface area contributed by atoms with Gasteiger partial charge in [0, 0.05) is 17.6 Å². The molecule has 0 aliphatic carbocycles. The molecule has 10 heteroatoms. The number of hydrogen-bond donors (Lipinski definition) is 1. The van der Waals surface area contributed by atoms with Gasteiger partial charge in [0.15, 0.2) is 28.8 Å². The molecule has 3 heterocycles. The molecule has 3 aromatic carbocycles. The molecule has 1 N–H and O–H groups in total. The highest BCUT2D eigenvalue weighted by Crippen LogP contribution is 2.36. The lowest BCUT2D eigenvalue weighted by Gasteiger charge is -2.14. The van der Waals surface area contributed by atoms with Crippen LogP contribution in [0.3, 0.4) is 0 Å². The van der Waals surface area contributed by atoms with Crippen molar-refractivity contribution >= 4 is 40.1 Å². The second kappa shape index (κ2) is 8.41. The summed E-state index contributed by atoms with van der Waals surface area (Å²) in [6, 6.07) is 15.1. The number of carboxylic acid groups (broad SMARTS) is 1. The minimum Gasteiger partial charge on any atom is -0.478 e. The number of ether oxygens (including phenoxy) is 4. The molecule has 0 radical (unpaired) electrons. The molecule has 2 aliphatic heterocycles. The fraction of sp³-hybridized carbons (Fsp3) is 0.120. The summed E-state index contributed by atoms with van der Waals surface area (Å²) in [5.41, 5.74) is 2.57. The molecule has 2 aliphatic rings. The molecule has 0 atom stereocenters. The molecule has 4 aromatic rings. The number of hydrogen-bond acceptors (Lipinski definition) is 9. The van der Waals surface area contributed by atoms with Crippen molar-refractivity contribution in [2.75, 3.05) is 13.6 Å². The van der Waals surface area contributed by atoms with E-state index in [9.17, 15) is 14.7 Å². The molecular formula is C25H16N2O7S. The maximum Gasteiger partial charge on any atom is 0.336 e. The number of carbonyl (C=O) groups excluding carboxylic acids is 1. The van der Waals surface area contributed by atoms with Gasteiger partial charge in [0.2, 0.25) is 13.6 Å². The quantitative estimate of drug-likeness (QED) is 0.316. The van der Waals surface area contributed by atoms with Gasteiger partial charge in [-0.3, -0.25) is 4.79 Å². The number of Topliss-reactive ketones (excluding diaryl/α,β-unsaturated/α-hetero) is 1. The smallest absolute Gasteiger partial charge is 0.336 e. The zero-order valence-corrected chi connectivity index (χ0v) is 18.8. The third kappa shape index (κ3) is 3.83. The Hall–Kier alpha value is -4.44. The van der Waals surface area contributed by atoms with Crippen LogP contribution in [-0.4, -0.2) is 39.2 Å². The Morgan fingerprint density at radius 1 is 0.771 bits per heavy atom. The number of rotatable bonds is 6. The molecule has 0 saturated carbocycles. The van der Waals surface area contributed by atoms with Crippen molar-refractivity contribution in [3.8, 4) is 23.0 Å². The number of aliphatic carboxylic acids is 1. The fourth-order valence-corrected chi connectivity index (χ4v) is 4.63. The van der Waals surface area contributed by atoms with Gasteiger partial charge in [-0.25, -0.2) is 4.79 Å². The van der Waals surface area contributed by atoms with Gasteiger partial charge in [-0.1, -0.05) is 12.1 Å². The first-order valence-electron chi connectivity index (χ1n) is 10.6. The highest BCUT2D eigenvalue weighted by molar-refractivity contribution is 7.00. The summed E-state index contributed by atoms with van der Waals surface area (Å²) >= 11 is 1.04. The van der Waals surface area contributed by atoms with Gasteiger partial charge in [-0.05, 0) is 53.6 Å². The second-order valence-corrected chi connectivity index (χ2v) is 8.42. The summed E-state index contributed by atoms with van der Waals surface area (Å²) in [5.74, 6) is 0.450. The molecule has 174 valence electrons. The number of ketones is 1. The second-order valence-electron chi connectivity index (χ2n) is 7.89. The van der Waals surface area contributed by atoms with Crippen molar-refractivity contribution < 1.29 is 33.6 Å². The Kier molecular flexibility index (Phi) is 5.07. The number of benzene rings is 3. The predicted octanol–water partition coefficient (Wildman–Crippen LogP) is 4.11. The largest absolute Gasteiger partial charge is 0.478 e. The molecule has 0 bridgehead atoms. The van der Waals surface area contributed by atoms with E-state index in [-0.39, 0.29) is 31.2 Å². The van der Waals surface area contributed by atoms with Crippen LogP contribution in [0.5, 0.6) is 23.0 Å². The van der Waals surface area contributed by atoms with Crippen LogP contribution in [0.25, 0.3) is 16.6 Å². The van der Waals surface area contributed by atoms with E-state index in [0.717, 1.165) is 11.7 Å². The van der Waals surface area contributed by atoms with Crippen LogP contribution in [-0.2, 0) is 11.2 Å². The van der Waals surface area contributed by atoms with Gasteiger partial charge in [-0.2, -0.15) is 8.75 Å². The third-order valence-electron chi connectivity index (χ3n) is 5.78. The van der Waals surface area contributed by atoms with Crippen LogP contribution in [0, 0.1) is 0 Å². The van der Waals surface area contributed by atoms with Crippen molar-refractivity contribution in [1.29, 1.82) is 0 Å². The molecule has 0 amide bonds. The molecular weight excluding hydrogens is 472 g/mol. The van der Waals surface area contributed by atoms with E-state index in [1.54, 1.807) is 54.6 Å². The Labute approximate surface area is 202 Å². The summed E-state index contributed by atoms with van der Waals surface area (Å²) < 4.78 is 30.0. The third-order valence-corrected chi connectivity index (χ3v) is 6.34. The Balaban J connectivity index is 1.50. The average molecular weight is 488 g/mol. The van der Waals surface area contributed by atoms with Crippen molar-refractivity contribution in [1.82, 2.24) is 8.75 Å². The fourth-order valence-electron chi connectivity index (χ4n) is 4.11. The van der Waals surface area contributed by atoms with Crippen molar-refractivity contribution in [3.63, 3.8) is 0 Å². The van der Waals surface area contributed by atoms with Gasteiger partial charge < -0.3 is 24.1 Å². The SMILES string of the molecule is O=C(O)C(=C(Cc1ccc2c(c1)OCO2)C(=O)c1ccc2c(c1)OCO2)c1ccc2nsnc2c1. The van der Waals surface area contributed by atoms with E-state index in [1.165, 1.54) is 0 Å². The highest BCUT2D eigenvalue weighted by atomic mass is 32.1. The first kappa shape index (κ1) is 21.1. The lowest BCUT2D eigenvalue weighted by molar-refractivity contribution is -0.130. The molecule has 6 rings (SSSR count). The predicted molar refractivity (Wildman–Crippen MR) is 125 cm³/mol. The zero-order valence-electron chi connectivity index (χ0n) is 18.0. The summed E-state index contributed by atoms with van der Waals surface area (Å²) in [4.78, 5) is 26.4. The first-order chi connectivity index (χ1) is 17.1. The summed E-state index contributed by atoms with van der Waals surface area (Å²) in [7, 11) is 0. The average Bonchev–Trinajstić information content (AvgIpc) is 3.62. The number of allylic oxidation sites excluding steroid dienone is 1. The number of carboxylic acids is 1. The van der Waals surface area contributed by atoms with Crippen LogP contribution >= 0.6 is 11.7 Å². The van der Waals surface area contributed by atoms with Gasteiger partial charge >= 0.3 is 5.97 Å². The van der Waals surface area contributed by atoms with Crippen LogP contribution < -0.4 is 18.9 Å². The van der Waals surface area contributed by atoms with Gasteiger partial charge in [-0.15, -0.1) is 0 Å². The van der Waals surface area contributed by atoms with Crippen molar-refractivity contribution in [2.24, 2.45) is 0 Å². The number of fused-ring (bicyclic) bond motifs is 3. The van der Waals surface area contributed by atoms with E-state index in [4.69, 9.17) is 18.9 Å². The van der Waals surface area contributed by atoms with Crippen LogP contribution in [0.4, 0.5) is 0 Å². The molecule has 1 aromatic heterocycles. The maximum absolute atomic E-state index is 13.8. The van der Waals surface area contributed by atoms with Crippen LogP contribution in [0.1, 0.15) is 21.5 Å². The Morgan fingerprint density at radius 3 is 2.20 bits per heavy atom. The molecule has 35 heavy (non-hydrogen) atoms. The lowest BCUT2D eigenvalue weighted by Crippen LogP contribution is -2.14. The summed E-state index contributed by atoms with van der Waals surface area (Å²) in [6.07, 6.45) is 0.0545. The number of aromatic nitrogens is 2. The minimum atomic E-state index is -1.22. The molecule has 0 fully saturated rings. The van der Waals surface area contributed by atoms with E-state index < -0.39 is 11.8 Å². The standard InChI is InChI=1S/C25H16N2O7S/c28-24(15-3-6-20-22(10-15)34-12-32-20)16(7-13-1-5-19-21(8-13)33-11-31-19)23(25(29)30)14-2-4-17-18(9-14)27-35-26-17/h1-6,8-10H,7,11-12H2,(H,29,30). The monoisotopic (exact) mass is 488 g/mol. The summed E-state index contributed by atoms with van der Waals surface area (Å²) in [6.45, 7) is 0.175. The minimum absolute atomic E-state index is 0.0545. The van der Waals surface area contributed by atoms with E-state index in [1.807, 2.05) is 0 Å². The Morgan fingerprint density at radius 2 is 1.43 bits per heavy atom. The molecule has 0 spiro atoms. The number of nitrogens with zero attached hydrogens (tertiary/aromatic N) is 2. The van der Waals surface area contributed by atoms with Gasteiger partial charge in [0.25, 0.3) is 0 Å². The normalized spacial score (nSPS) is 14.2. The van der Waals surface area contributed by atoms with Gasteiger partial charge in [0.1, 0.15) is 11.0 Å². The molecule has 0 unspecified atom stereocenters. The Bertz CT molecular complexity index is 1540. The van der Waals surface area contributed by atoms with E-state index in [0.29, 0.717) is 50.7 Å². The van der Waals surface area contributed by atoms with Crippen molar-refractivity contribution in [2.45, 2.75) is 6.42 Å². The maximum atomic E-state index is 13.8. The van der Waals surface area contributed by atoms with E-state index >= 15 is 0 Å². The molecule has 0 saturated heterocycles. The number of carbonyl (C=O) groups is 2.